The van der Waals surface area contributed by atoms with Crippen molar-refractivity contribution in [3.05, 3.63) is 65.2 Å². The molecule has 5 nitrogen and oxygen atoms in total. The minimum Gasteiger partial charge on any atom is -0.406 e. The number of carbonyl (C=O) groups is 2. The topological polar surface area (TPSA) is 67.4 Å². The Morgan fingerprint density at radius 3 is 2.03 bits per heavy atom. The predicted octanol–water partition coefficient (Wildman–Crippen LogP) is 5.26. The summed E-state index contributed by atoms with van der Waals surface area (Å²) in [5.41, 5.74) is 1.51. The van der Waals surface area contributed by atoms with Crippen molar-refractivity contribution in [1.82, 2.24) is 10.6 Å². The molecule has 0 spiro atoms. The maximum absolute atomic E-state index is 12.4. The van der Waals surface area contributed by atoms with Crippen LogP contribution in [0.2, 0.25) is 0 Å². The van der Waals surface area contributed by atoms with Crippen LogP contribution in [0.25, 0.3) is 0 Å². The Morgan fingerprint density at radius 2 is 1.44 bits per heavy atom. The molecule has 174 valence electrons. The van der Waals surface area contributed by atoms with Crippen LogP contribution in [0.1, 0.15) is 65.3 Å². The largest absolute Gasteiger partial charge is 0.573 e. The standard InChI is InChI=1S/C24H29F3N2O3/c1-2-18-17-20(32-24(25,26)27)13-14-21(18)23(31)29-16-10-5-3-4-9-15-28-22(30)19-11-7-6-8-12-19/h6-8,11-14,17H,2-5,9-10,15-16H2,1H3,(H,28,30)(H,29,31). The lowest BCUT2D eigenvalue weighted by Crippen LogP contribution is -2.25. The molecule has 0 radical (unpaired) electrons. The third-order valence-corrected chi connectivity index (χ3v) is 4.90. The minimum absolute atomic E-state index is 0.0715. The van der Waals surface area contributed by atoms with E-state index in [-0.39, 0.29) is 17.6 Å². The van der Waals surface area contributed by atoms with Crippen molar-refractivity contribution >= 4 is 11.8 Å². The van der Waals surface area contributed by atoms with E-state index < -0.39 is 6.36 Å². The van der Waals surface area contributed by atoms with Crippen molar-refractivity contribution in [3.8, 4) is 5.75 Å². The Labute approximate surface area is 186 Å². The maximum atomic E-state index is 12.4. The van der Waals surface area contributed by atoms with E-state index >= 15 is 0 Å². The van der Waals surface area contributed by atoms with Crippen LogP contribution in [0.5, 0.6) is 5.75 Å². The van der Waals surface area contributed by atoms with Gasteiger partial charge in [-0.05, 0) is 55.2 Å². The SMILES string of the molecule is CCc1cc(OC(F)(F)F)ccc1C(=O)NCCCCCCCNC(=O)c1ccccc1. The van der Waals surface area contributed by atoms with Gasteiger partial charge in [-0.15, -0.1) is 13.2 Å². The highest BCUT2D eigenvalue weighted by Gasteiger charge is 2.31. The Bertz CT molecular complexity index is 871. The second kappa shape index (κ2) is 12.7. The second-order valence-electron chi connectivity index (χ2n) is 7.37. The highest BCUT2D eigenvalue weighted by molar-refractivity contribution is 5.96. The summed E-state index contributed by atoms with van der Waals surface area (Å²) in [6, 6.07) is 12.8. The summed E-state index contributed by atoms with van der Waals surface area (Å²) in [4.78, 5) is 24.3. The number of unbranched alkanes of at least 4 members (excludes halogenated alkanes) is 4. The molecule has 0 unspecified atom stereocenters. The van der Waals surface area contributed by atoms with Gasteiger partial charge in [-0.1, -0.05) is 44.4 Å². The molecule has 2 N–H and O–H groups in total. The van der Waals surface area contributed by atoms with Crippen LogP contribution in [0.4, 0.5) is 13.2 Å². The highest BCUT2D eigenvalue weighted by Crippen LogP contribution is 2.25. The van der Waals surface area contributed by atoms with Gasteiger partial charge in [0.05, 0.1) is 0 Å². The van der Waals surface area contributed by atoms with Crippen LogP contribution >= 0.6 is 0 Å². The van der Waals surface area contributed by atoms with Crippen molar-refractivity contribution in [3.63, 3.8) is 0 Å². The molecular weight excluding hydrogens is 421 g/mol. The van der Waals surface area contributed by atoms with E-state index in [0.29, 0.717) is 36.2 Å². The molecule has 0 saturated carbocycles. The molecule has 2 aromatic rings. The highest BCUT2D eigenvalue weighted by atomic mass is 19.4. The van der Waals surface area contributed by atoms with E-state index in [9.17, 15) is 22.8 Å². The molecule has 0 heterocycles. The fourth-order valence-corrected chi connectivity index (χ4v) is 3.25. The number of halogens is 3. The normalized spacial score (nSPS) is 11.1. The van der Waals surface area contributed by atoms with Crippen LogP contribution in [-0.4, -0.2) is 31.3 Å². The van der Waals surface area contributed by atoms with Gasteiger partial charge in [-0.2, -0.15) is 0 Å². The molecule has 0 aliphatic rings. The molecular formula is C24H29F3N2O3. The van der Waals surface area contributed by atoms with Crippen LogP contribution in [0.15, 0.2) is 48.5 Å². The van der Waals surface area contributed by atoms with Crippen LogP contribution in [0, 0.1) is 0 Å². The van der Waals surface area contributed by atoms with Gasteiger partial charge in [-0.3, -0.25) is 9.59 Å². The van der Waals surface area contributed by atoms with Crippen molar-refractivity contribution in [1.29, 1.82) is 0 Å². The number of carbonyl (C=O) groups excluding carboxylic acids is 2. The van der Waals surface area contributed by atoms with E-state index in [1.54, 1.807) is 19.1 Å². The number of benzene rings is 2. The fraction of sp³-hybridized carbons (Fsp3) is 0.417. The molecule has 0 saturated heterocycles. The van der Waals surface area contributed by atoms with Gasteiger partial charge in [0.2, 0.25) is 0 Å². The van der Waals surface area contributed by atoms with Crippen molar-refractivity contribution in [2.75, 3.05) is 13.1 Å². The molecule has 2 aromatic carbocycles. The molecule has 0 fully saturated rings. The Kier molecular flexibility index (Phi) is 10.0. The molecule has 0 aromatic heterocycles. The van der Waals surface area contributed by atoms with E-state index in [0.717, 1.165) is 38.2 Å². The first-order chi connectivity index (χ1) is 15.3. The number of nitrogens with one attached hydrogen (secondary N) is 2. The van der Waals surface area contributed by atoms with E-state index in [2.05, 4.69) is 15.4 Å². The average Bonchev–Trinajstić information content (AvgIpc) is 2.77. The Hall–Kier alpha value is -3.03. The lowest BCUT2D eigenvalue weighted by atomic mass is 10.0. The van der Waals surface area contributed by atoms with Crippen molar-refractivity contribution in [2.24, 2.45) is 0 Å². The first-order valence-electron chi connectivity index (χ1n) is 10.8. The number of ether oxygens (including phenoxy) is 1. The molecule has 0 aliphatic heterocycles. The number of hydrogen-bond donors (Lipinski definition) is 2. The van der Waals surface area contributed by atoms with Crippen molar-refractivity contribution < 1.29 is 27.5 Å². The minimum atomic E-state index is -4.76. The summed E-state index contributed by atoms with van der Waals surface area (Å²) in [6.07, 6.45) is 0.243. The summed E-state index contributed by atoms with van der Waals surface area (Å²) < 4.78 is 41.0. The molecule has 0 bridgehead atoms. The number of alkyl halides is 3. The molecule has 0 atom stereocenters. The molecule has 32 heavy (non-hydrogen) atoms. The number of aryl methyl sites for hydroxylation is 1. The molecule has 2 amide bonds. The van der Waals surface area contributed by atoms with Gasteiger partial charge in [0, 0.05) is 24.2 Å². The van der Waals surface area contributed by atoms with Crippen LogP contribution < -0.4 is 15.4 Å². The van der Waals surface area contributed by atoms with Gasteiger partial charge in [0.1, 0.15) is 5.75 Å². The van der Waals surface area contributed by atoms with E-state index in [1.807, 2.05) is 18.2 Å². The maximum Gasteiger partial charge on any atom is 0.573 e. The zero-order chi connectivity index (χ0) is 23.4. The summed E-state index contributed by atoms with van der Waals surface area (Å²) in [5.74, 6) is -0.701. The quantitative estimate of drug-likeness (QED) is 0.434. The summed E-state index contributed by atoms with van der Waals surface area (Å²) in [6.45, 7) is 2.89. The molecule has 8 heteroatoms. The van der Waals surface area contributed by atoms with E-state index in [1.165, 1.54) is 12.1 Å². The first-order valence-corrected chi connectivity index (χ1v) is 10.8. The monoisotopic (exact) mass is 450 g/mol. The van der Waals surface area contributed by atoms with Gasteiger partial charge >= 0.3 is 6.36 Å². The van der Waals surface area contributed by atoms with Gasteiger partial charge < -0.3 is 15.4 Å². The lowest BCUT2D eigenvalue weighted by molar-refractivity contribution is -0.274. The summed E-state index contributed by atoms with van der Waals surface area (Å²) in [7, 11) is 0. The van der Waals surface area contributed by atoms with Crippen LogP contribution in [-0.2, 0) is 6.42 Å². The number of amides is 2. The average molecular weight is 451 g/mol. The zero-order valence-corrected chi connectivity index (χ0v) is 18.1. The van der Waals surface area contributed by atoms with Crippen molar-refractivity contribution in [2.45, 2.75) is 51.8 Å². The lowest BCUT2D eigenvalue weighted by Gasteiger charge is -2.13. The third-order valence-electron chi connectivity index (χ3n) is 4.90. The van der Waals surface area contributed by atoms with Crippen LogP contribution in [0.3, 0.4) is 0 Å². The molecule has 0 aliphatic carbocycles. The summed E-state index contributed by atoms with van der Waals surface area (Å²) >= 11 is 0. The smallest absolute Gasteiger partial charge is 0.406 e. The second-order valence-corrected chi connectivity index (χ2v) is 7.37. The zero-order valence-electron chi connectivity index (χ0n) is 18.1. The first kappa shape index (κ1) is 25.2. The predicted molar refractivity (Wildman–Crippen MR) is 117 cm³/mol. The van der Waals surface area contributed by atoms with Gasteiger partial charge in [0.15, 0.2) is 0 Å². The summed E-state index contributed by atoms with van der Waals surface area (Å²) in [5, 5.41) is 5.71. The van der Waals surface area contributed by atoms with E-state index in [4.69, 9.17) is 0 Å². The molecule has 2 rings (SSSR count). The fourth-order valence-electron chi connectivity index (χ4n) is 3.25. The number of hydrogen-bond acceptors (Lipinski definition) is 3. The third kappa shape index (κ3) is 8.99. The Balaban J connectivity index is 1.60. The number of rotatable bonds is 12. The Morgan fingerprint density at radius 1 is 0.844 bits per heavy atom. The van der Waals surface area contributed by atoms with Gasteiger partial charge in [0.25, 0.3) is 11.8 Å². The van der Waals surface area contributed by atoms with Gasteiger partial charge in [-0.25, -0.2) is 0 Å².